The fraction of sp³-hybridized carbons (Fsp3) is 0.429. The van der Waals surface area contributed by atoms with Crippen molar-refractivity contribution in [3.63, 3.8) is 0 Å². The fourth-order valence-electron chi connectivity index (χ4n) is 0.704. The third-order valence-electron chi connectivity index (χ3n) is 2.19. The van der Waals surface area contributed by atoms with Crippen molar-refractivity contribution in [3.8, 4) is 0 Å². The first-order valence-electron chi connectivity index (χ1n) is 9.08. The fourth-order valence-corrected chi connectivity index (χ4v) is 0.704. The van der Waals surface area contributed by atoms with Crippen molar-refractivity contribution in [2.24, 2.45) is 0 Å². The molecule has 0 aliphatic rings. The van der Waals surface area contributed by atoms with Crippen molar-refractivity contribution in [1.29, 1.82) is 0 Å². The van der Waals surface area contributed by atoms with Gasteiger partial charge in [-0.2, -0.15) is 0 Å². The molecule has 0 rings (SSSR count). The molecule has 3 atom stereocenters. The van der Waals surface area contributed by atoms with Gasteiger partial charge in [-0.3, -0.25) is 0 Å². The van der Waals surface area contributed by atoms with Gasteiger partial charge in [-0.05, 0) is 20.8 Å². The number of hydrogen-bond acceptors (Lipinski definition) is 8. The van der Waals surface area contributed by atoms with Crippen LogP contribution < -0.4 is 0 Å². The summed E-state index contributed by atoms with van der Waals surface area (Å²) in [6.45, 7) is 17.9. The third-order valence-corrected chi connectivity index (χ3v) is 2.19. The molecular weight excluding hydrogens is 444 g/mol. The number of rotatable bonds is 11. The number of aliphatic carboxylic acids is 4. The van der Waals surface area contributed by atoms with Gasteiger partial charge in [-0.15, -0.1) is 0 Å². The van der Waals surface area contributed by atoms with Gasteiger partial charge in [-0.25, -0.2) is 19.2 Å². The molecule has 0 aromatic heterocycles. The normalized spacial score (nSPS) is 11.1. The van der Waals surface area contributed by atoms with Crippen molar-refractivity contribution in [1.82, 2.24) is 0 Å². The largest absolute Gasteiger partial charge is 0.478 e. The minimum atomic E-state index is -0.981. The van der Waals surface area contributed by atoms with Crippen LogP contribution in [-0.4, -0.2) is 92.6 Å². The number of carboxylic acids is 4. The molecule has 0 spiro atoms. The molecule has 192 valence electrons. The number of carbonyl (C=O) groups is 4. The molecule has 12 nitrogen and oxygen atoms in total. The summed E-state index contributed by atoms with van der Waals surface area (Å²) in [7, 11) is 0. The number of carboxylic acid groups (broad SMARTS) is 4. The average molecular weight is 481 g/mol. The zero-order chi connectivity index (χ0) is 27.4. The number of ether oxygens (including phenoxy) is 2. The first-order valence-corrected chi connectivity index (χ1v) is 9.08. The second kappa shape index (κ2) is 30.9. The van der Waals surface area contributed by atoms with Crippen LogP contribution in [-0.2, 0) is 28.7 Å². The van der Waals surface area contributed by atoms with Crippen LogP contribution in [0.3, 0.4) is 0 Å². The molecule has 0 fully saturated rings. The summed E-state index contributed by atoms with van der Waals surface area (Å²) < 4.78 is 10.5. The number of aliphatic hydroxyl groups is 2. The monoisotopic (exact) mass is 480 g/mol. The number of aliphatic hydroxyl groups excluding tert-OH is 2. The molecule has 0 aromatic rings. The molecule has 0 aliphatic carbocycles. The highest BCUT2D eigenvalue weighted by molar-refractivity contribution is 5.79. The van der Waals surface area contributed by atoms with Crippen molar-refractivity contribution in [2.75, 3.05) is 19.8 Å². The average Bonchev–Trinajstić information content (AvgIpc) is 2.77. The predicted molar refractivity (Wildman–Crippen MR) is 121 cm³/mol. The van der Waals surface area contributed by atoms with Crippen LogP contribution in [0, 0.1) is 0 Å². The molecule has 0 amide bonds. The Morgan fingerprint density at radius 1 is 0.667 bits per heavy atom. The minimum absolute atomic E-state index is 0.0170. The lowest BCUT2D eigenvalue weighted by Gasteiger charge is -2.16. The Balaban J connectivity index is -0.000000109. The second-order valence-corrected chi connectivity index (χ2v) is 5.49. The molecule has 6 N–H and O–H groups in total. The lowest BCUT2D eigenvalue weighted by atomic mass is 10.4. The van der Waals surface area contributed by atoms with E-state index in [9.17, 15) is 19.2 Å². The quantitative estimate of drug-likeness (QED) is 0.230. The SMILES string of the molecule is C=CC(=O)O.C=CC(=O)O.C=CC(=O)O.C=CC(=O)O.CC(O)COC(C)COC(C)CO. The molecule has 3 unspecified atom stereocenters. The van der Waals surface area contributed by atoms with E-state index in [1.54, 1.807) is 13.8 Å². The molecule has 0 heterocycles. The summed E-state index contributed by atoms with van der Waals surface area (Å²) in [4.78, 5) is 37.0. The first kappa shape index (κ1) is 40.1. The Hall–Kier alpha value is -3.32. The molecule has 0 aliphatic heterocycles. The molecule has 0 saturated heterocycles. The van der Waals surface area contributed by atoms with Crippen LogP contribution in [0.2, 0.25) is 0 Å². The van der Waals surface area contributed by atoms with E-state index >= 15 is 0 Å². The van der Waals surface area contributed by atoms with E-state index in [4.69, 9.17) is 40.1 Å². The third kappa shape index (κ3) is 73.4. The summed E-state index contributed by atoms with van der Waals surface area (Å²) >= 11 is 0. The minimum Gasteiger partial charge on any atom is -0.478 e. The van der Waals surface area contributed by atoms with Crippen LogP contribution >= 0.6 is 0 Å². The van der Waals surface area contributed by atoms with Crippen LogP contribution in [0.4, 0.5) is 0 Å². The van der Waals surface area contributed by atoms with E-state index in [1.807, 2.05) is 6.92 Å². The highest BCUT2D eigenvalue weighted by Crippen LogP contribution is 1.97. The van der Waals surface area contributed by atoms with Gasteiger partial charge in [0.2, 0.25) is 0 Å². The number of hydrogen-bond donors (Lipinski definition) is 6. The maximum absolute atomic E-state index is 9.25. The van der Waals surface area contributed by atoms with Gasteiger partial charge in [0.15, 0.2) is 0 Å². The summed E-state index contributed by atoms with van der Waals surface area (Å²) in [5, 5.41) is 48.0. The summed E-state index contributed by atoms with van der Waals surface area (Å²) in [5.74, 6) is -3.93. The predicted octanol–water partition coefficient (Wildman–Crippen LogP) is 1.20. The second-order valence-electron chi connectivity index (χ2n) is 5.49. The van der Waals surface area contributed by atoms with Crippen LogP contribution in [0.25, 0.3) is 0 Å². The van der Waals surface area contributed by atoms with Crippen molar-refractivity contribution < 1.29 is 59.3 Å². The van der Waals surface area contributed by atoms with Crippen LogP contribution in [0.5, 0.6) is 0 Å². The zero-order valence-electron chi connectivity index (χ0n) is 19.1. The smallest absolute Gasteiger partial charge is 0.327 e. The lowest BCUT2D eigenvalue weighted by Crippen LogP contribution is -2.24. The summed E-state index contributed by atoms with van der Waals surface area (Å²) in [6.07, 6.45) is 2.68. The summed E-state index contributed by atoms with van der Waals surface area (Å²) in [6, 6.07) is 0. The van der Waals surface area contributed by atoms with Gasteiger partial charge in [0, 0.05) is 24.3 Å². The molecule has 0 radical (unpaired) electrons. The molecule has 33 heavy (non-hydrogen) atoms. The van der Waals surface area contributed by atoms with Gasteiger partial charge in [0.1, 0.15) is 0 Å². The highest BCUT2D eigenvalue weighted by Gasteiger charge is 2.07. The van der Waals surface area contributed by atoms with E-state index in [-0.39, 0.29) is 18.8 Å². The Morgan fingerprint density at radius 2 is 0.909 bits per heavy atom. The van der Waals surface area contributed by atoms with E-state index in [0.29, 0.717) is 13.2 Å². The molecule has 0 aromatic carbocycles. The lowest BCUT2D eigenvalue weighted by molar-refractivity contribution is -0.132. The topological polar surface area (TPSA) is 208 Å². The molecule has 12 heteroatoms. The zero-order valence-corrected chi connectivity index (χ0v) is 19.1. The molecule has 0 saturated carbocycles. The van der Waals surface area contributed by atoms with Gasteiger partial charge < -0.3 is 40.1 Å². The van der Waals surface area contributed by atoms with Crippen molar-refractivity contribution in [3.05, 3.63) is 50.6 Å². The van der Waals surface area contributed by atoms with Gasteiger partial charge >= 0.3 is 23.9 Å². The van der Waals surface area contributed by atoms with Gasteiger partial charge in [-0.1, -0.05) is 26.3 Å². The summed E-state index contributed by atoms with van der Waals surface area (Å²) in [5.41, 5.74) is 0. The maximum Gasteiger partial charge on any atom is 0.327 e. The van der Waals surface area contributed by atoms with E-state index in [1.165, 1.54) is 0 Å². The molecule has 0 bridgehead atoms. The Kier molecular flexibility index (Phi) is 37.5. The van der Waals surface area contributed by atoms with E-state index in [0.717, 1.165) is 24.3 Å². The Bertz CT molecular complexity index is 498. The highest BCUT2D eigenvalue weighted by atomic mass is 16.5. The Labute approximate surface area is 193 Å². The van der Waals surface area contributed by atoms with E-state index in [2.05, 4.69) is 26.3 Å². The van der Waals surface area contributed by atoms with Crippen molar-refractivity contribution in [2.45, 2.75) is 39.1 Å². The van der Waals surface area contributed by atoms with Gasteiger partial charge in [0.05, 0.1) is 38.1 Å². The van der Waals surface area contributed by atoms with Gasteiger partial charge in [0.25, 0.3) is 0 Å². The van der Waals surface area contributed by atoms with Crippen molar-refractivity contribution >= 4 is 23.9 Å². The molecular formula is C21H36O12. The van der Waals surface area contributed by atoms with Crippen LogP contribution in [0.1, 0.15) is 20.8 Å². The Morgan fingerprint density at radius 3 is 1.09 bits per heavy atom. The first-order chi connectivity index (χ1) is 15.1. The maximum atomic E-state index is 9.25. The van der Waals surface area contributed by atoms with E-state index < -0.39 is 30.0 Å². The standard InChI is InChI=1S/C9H20O4.4C3H4O2/c1-7(11)5-12-9(3)6-13-8(2)4-10;4*1-2-3(4)5/h7-11H,4-6H2,1-3H3;4*2H,1H2,(H,4,5). The van der Waals surface area contributed by atoms with Crippen LogP contribution in [0.15, 0.2) is 50.6 Å².